The monoisotopic (exact) mass is 213 g/mol. The Kier molecular flexibility index (Phi) is 7.03. The molecule has 15 heavy (non-hydrogen) atoms. The molecule has 1 atom stereocenters. The molecule has 2 nitrogen and oxygen atoms in total. The molecule has 0 saturated heterocycles. The van der Waals surface area contributed by atoms with E-state index in [1.54, 1.807) is 0 Å². The van der Waals surface area contributed by atoms with Crippen molar-refractivity contribution in [1.29, 1.82) is 0 Å². The first-order valence-corrected chi connectivity index (χ1v) is 6.65. The van der Waals surface area contributed by atoms with E-state index < -0.39 is 0 Å². The van der Waals surface area contributed by atoms with Gasteiger partial charge in [0.1, 0.15) is 0 Å². The lowest BCUT2D eigenvalue weighted by Crippen LogP contribution is -2.27. The Balaban J connectivity index is 1.87. The van der Waals surface area contributed by atoms with Crippen LogP contribution in [0.15, 0.2) is 0 Å². The second-order valence-electron chi connectivity index (χ2n) is 4.85. The molecule has 90 valence electrons. The Morgan fingerprint density at radius 3 is 2.67 bits per heavy atom. The Hall–Kier alpha value is -0.0800. The minimum Gasteiger partial charge on any atom is -0.377 e. The van der Waals surface area contributed by atoms with Crippen LogP contribution in [-0.4, -0.2) is 25.8 Å². The topological polar surface area (TPSA) is 21.3 Å². The summed E-state index contributed by atoms with van der Waals surface area (Å²) in [5.41, 5.74) is 0. The van der Waals surface area contributed by atoms with Gasteiger partial charge in [-0.25, -0.2) is 0 Å². The van der Waals surface area contributed by atoms with Crippen molar-refractivity contribution in [2.75, 3.05) is 19.7 Å². The van der Waals surface area contributed by atoms with Crippen molar-refractivity contribution >= 4 is 0 Å². The number of hydrogen-bond acceptors (Lipinski definition) is 2. The number of hydrogen-bond donors (Lipinski definition) is 1. The molecule has 0 spiro atoms. The van der Waals surface area contributed by atoms with Gasteiger partial charge in [-0.05, 0) is 25.3 Å². The summed E-state index contributed by atoms with van der Waals surface area (Å²) in [6, 6.07) is 0. The van der Waals surface area contributed by atoms with Crippen LogP contribution in [-0.2, 0) is 4.74 Å². The lowest BCUT2D eigenvalue weighted by atomic mass is 9.98. The zero-order valence-electron chi connectivity index (χ0n) is 10.4. The van der Waals surface area contributed by atoms with E-state index in [0.29, 0.717) is 6.10 Å². The highest BCUT2D eigenvalue weighted by atomic mass is 16.5. The zero-order valence-corrected chi connectivity index (χ0v) is 10.4. The van der Waals surface area contributed by atoms with E-state index in [1.165, 1.54) is 38.5 Å². The van der Waals surface area contributed by atoms with E-state index in [1.807, 2.05) is 0 Å². The Bertz CT molecular complexity index is 143. The Labute approximate surface area is 94.8 Å². The van der Waals surface area contributed by atoms with Crippen molar-refractivity contribution in [3.05, 3.63) is 0 Å². The molecule has 0 aromatic heterocycles. The molecular weight excluding hydrogens is 186 g/mol. The fourth-order valence-electron chi connectivity index (χ4n) is 2.02. The van der Waals surface area contributed by atoms with E-state index in [2.05, 4.69) is 19.2 Å². The van der Waals surface area contributed by atoms with Crippen LogP contribution in [0.5, 0.6) is 0 Å². The molecule has 0 bridgehead atoms. The van der Waals surface area contributed by atoms with Crippen LogP contribution in [0.2, 0.25) is 0 Å². The lowest BCUT2D eigenvalue weighted by Gasteiger charge is -2.22. The molecule has 0 aromatic carbocycles. The highest BCUT2D eigenvalue weighted by Gasteiger charge is 2.12. The fraction of sp³-hybridized carbons (Fsp3) is 1.00. The van der Waals surface area contributed by atoms with Crippen molar-refractivity contribution in [2.45, 2.75) is 58.5 Å². The maximum absolute atomic E-state index is 5.84. The standard InChI is InChI=1S/C13H27NO/c1-3-12(2)11-14-9-10-15-13-7-5-4-6-8-13/h12-14H,3-11H2,1-2H3. The summed E-state index contributed by atoms with van der Waals surface area (Å²) < 4.78 is 5.84. The van der Waals surface area contributed by atoms with Gasteiger partial charge in [-0.2, -0.15) is 0 Å². The van der Waals surface area contributed by atoms with E-state index in [9.17, 15) is 0 Å². The van der Waals surface area contributed by atoms with Gasteiger partial charge in [0.05, 0.1) is 12.7 Å². The molecular formula is C13H27NO. The highest BCUT2D eigenvalue weighted by molar-refractivity contribution is 4.65. The third-order valence-electron chi connectivity index (χ3n) is 3.37. The smallest absolute Gasteiger partial charge is 0.0594 e. The molecule has 1 aliphatic rings. The highest BCUT2D eigenvalue weighted by Crippen LogP contribution is 2.19. The average Bonchev–Trinajstić information content (AvgIpc) is 2.29. The predicted molar refractivity (Wildman–Crippen MR) is 65.1 cm³/mol. The van der Waals surface area contributed by atoms with Gasteiger partial charge in [0, 0.05) is 6.54 Å². The first kappa shape index (κ1) is 13.0. The molecule has 0 aromatic rings. The van der Waals surface area contributed by atoms with Crippen LogP contribution in [0.1, 0.15) is 52.4 Å². The zero-order chi connectivity index (χ0) is 10.9. The van der Waals surface area contributed by atoms with E-state index in [0.717, 1.165) is 25.6 Å². The van der Waals surface area contributed by atoms with Crippen molar-refractivity contribution in [3.8, 4) is 0 Å². The number of nitrogens with one attached hydrogen (secondary N) is 1. The van der Waals surface area contributed by atoms with Crippen molar-refractivity contribution in [3.63, 3.8) is 0 Å². The largest absolute Gasteiger partial charge is 0.377 e. The summed E-state index contributed by atoms with van der Waals surface area (Å²) in [6.07, 6.45) is 8.53. The summed E-state index contributed by atoms with van der Waals surface area (Å²) in [6.45, 7) is 7.56. The molecule has 1 fully saturated rings. The van der Waals surface area contributed by atoms with Crippen molar-refractivity contribution in [1.82, 2.24) is 5.32 Å². The summed E-state index contributed by atoms with van der Waals surface area (Å²) in [7, 11) is 0. The first-order valence-electron chi connectivity index (χ1n) is 6.65. The lowest BCUT2D eigenvalue weighted by molar-refractivity contribution is 0.0301. The molecule has 0 amide bonds. The summed E-state index contributed by atoms with van der Waals surface area (Å²) in [5.74, 6) is 0.791. The molecule has 1 aliphatic carbocycles. The van der Waals surface area contributed by atoms with Gasteiger partial charge in [-0.3, -0.25) is 0 Å². The third kappa shape index (κ3) is 6.16. The maximum atomic E-state index is 5.84. The fourth-order valence-corrected chi connectivity index (χ4v) is 2.02. The van der Waals surface area contributed by atoms with Gasteiger partial charge in [-0.1, -0.05) is 39.5 Å². The Morgan fingerprint density at radius 1 is 1.27 bits per heavy atom. The van der Waals surface area contributed by atoms with Crippen LogP contribution in [0, 0.1) is 5.92 Å². The van der Waals surface area contributed by atoms with Crippen LogP contribution in [0.4, 0.5) is 0 Å². The van der Waals surface area contributed by atoms with Crippen molar-refractivity contribution in [2.24, 2.45) is 5.92 Å². The Morgan fingerprint density at radius 2 is 2.00 bits per heavy atom. The predicted octanol–water partition coefficient (Wildman–Crippen LogP) is 2.97. The maximum Gasteiger partial charge on any atom is 0.0594 e. The van der Waals surface area contributed by atoms with Gasteiger partial charge in [0.25, 0.3) is 0 Å². The van der Waals surface area contributed by atoms with Crippen LogP contribution < -0.4 is 5.32 Å². The van der Waals surface area contributed by atoms with E-state index in [4.69, 9.17) is 4.74 Å². The van der Waals surface area contributed by atoms with Gasteiger partial charge < -0.3 is 10.1 Å². The van der Waals surface area contributed by atoms with Crippen LogP contribution in [0.3, 0.4) is 0 Å². The quantitative estimate of drug-likeness (QED) is 0.656. The van der Waals surface area contributed by atoms with E-state index in [-0.39, 0.29) is 0 Å². The summed E-state index contributed by atoms with van der Waals surface area (Å²) >= 11 is 0. The normalized spacial score (nSPS) is 20.4. The molecule has 1 saturated carbocycles. The minimum absolute atomic E-state index is 0.559. The molecule has 1 unspecified atom stereocenters. The van der Waals surface area contributed by atoms with Gasteiger partial charge in [0.15, 0.2) is 0 Å². The molecule has 0 radical (unpaired) electrons. The van der Waals surface area contributed by atoms with Crippen LogP contribution in [0.25, 0.3) is 0 Å². The van der Waals surface area contributed by atoms with Gasteiger partial charge in [0.2, 0.25) is 0 Å². The van der Waals surface area contributed by atoms with Crippen molar-refractivity contribution < 1.29 is 4.74 Å². The second-order valence-corrected chi connectivity index (χ2v) is 4.85. The van der Waals surface area contributed by atoms with E-state index >= 15 is 0 Å². The molecule has 2 heteroatoms. The molecule has 1 N–H and O–H groups in total. The SMILES string of the molecule is CCC(C)CNCCOC1CCCCC1. The molecule has 0 heterocycles. The summed E-state index contributed by atoms with van der Waals surface area (Å²) in [5, 5.41) is 3.45. The molecule has 0 aliphatic heterocycles. The minimum atomic E-state index is 0.559. The van der Waals surface area contributed by atoms with Crippen LogP contribution >= 0.6 is 0 Å². The molecule has 1 rings (SSSR count). The average molecular weight is 213 g/mol. The first-order chi connectivity index (χ1) is 7.33. The van der Waals surface area contributed by atoms with Gasteiger partial charge >= 0.3 is 0 Å². The number of ether oxygens (including phenoxy) is 1. The van der Waals surface area contributed by atoms with Gasteiger partial charge in [-0.15, -0.1) is 0 Å². The number of rotatable bonds is 7. The second kappa shape index (κ2) is 8.12. The third-order valence-corrected chi connectivity index (χ3v) is 3.37. The summed E-state index contributed by atoms with van der Waals surface area (Å²) in [4.78, 5) is 0.